The number of alkyl halides is 3. The van der Waals surface area contributed by atoms with Crippen molar-refractivity contribution in [3.05, 3.63) is 80.1 Å². The fourth-order valence-electron chi connectivity index (χ4n) is 5.27. The van der Waals surface area contributed by atoms with Crippen LogP contribution in [-0.4, -0.2) is 63.9 Å². The number of nitrogens with one attached hydrogen (secondary N) is 1. The molecule has 0 bridgehead atoms. The molecule has 0 aliphatic carbocycles. The summed E-state index contributed by atoms with van der Waals surface area (Å²) in [4.78, 5) is 31.2. The summed E-state index contributed by atoms with van der Waals surface area (Å²) in [5.41, 5.74) is 9.06. The van der Waals surface area contributed by atoms with Gasteiger partial charge in [0.2, 0.25) is 0 Å². The Morgan fingerprint density at radius 3 is 2.60 bits per heavy atom. The van der Waals surface area contributed by atoms with Gasteiger partial charge in [0.15, 0.2) is 18.9 Å². The van der Waals surface area contributed by atoms with Crippen molar-refractivity contribution >= 4 is 51.0 Å². The second kappa shape index (κ2) is 13.6. The first-order chi connectivity index (χ1) is 21.4. The minimum absolute atomic E-state index is 0.0505. The Bertz CT molecular complexity index is 1780. The third-order valence-corrected chi connectivity index (χ3v) is 8.85. The smallest absolute Gasteiger partial charge is 0.383 e. The summed E-state index contributed by atoms with van der Waals surface area (Å²) in [5, 5.41) is 2.63. The molecule has 1 saturated heterocycles. The van der Waals surface area contributed by atoms with E-state index in [1.807, 2.05) is 18.9 Å². The quantitative estimate of drug-likeness (QED) is 0.159. The molecule has 3 aromatic heterocycles. The monoisotopic (exact) mass is 729 g/mol. The molecule has 1 amide bonds. The van der Waals surface area contributed by atoms with Crippen LogP contribution in [0.3, 0.4) is 0 Å². The molecule has 0 saturated carbocycles. The number of halogens is 4. The molecule has 4 aromatic rings. The highest BCUT2D eigenvalue weighted by Crippen LogP contribution is 2.35. The van der Waals surface area contributed by atoms with Crippen LogP contribution >= 0.6 is 22.6 Å². The highest BCUT2D eigenvalue weighted by Gasteiger charge is 2.34. The minimum atomic E-state index is -4.57. The van der Waals surface area contributed by atoms with Gasteiger partial charge in [-0.2, -0.15) is 13.2 Å². The first-order valence-corrected chi connectivity index (χ1v) is 15.6. The molecule has 9 nitrogen and oxygen atoms in total. The second-order valence-electron chi connectivity index (χ2n) is 11.0. The van der Waals surface area contributed by atoms with Crippen molar-refractivity contribution in [3.63, 3.8) is 0 Å². The van der Waals surface area contributed by atoms with Gasteiger partial charge in [-0.3, -0.25) is 9.69 Å². The Labute approximate surface area is 273 Å². The lowest BCUT2D eigenvalue weighted by Crippen LogP contribution is -2.44. The average molecular weight is 730 g/mol. The van der Waals surface area contributed by atoms with Gasteiger partial charge >= 0.3 is 6.18 Å². The number of hydrogen-bond donors (Lipinski definition) is 2. The Morgan fingerprint density at radius 2 is 1.91 bits per heavy atom. The minimum Gasteiger partial charge on any atom is -0.383 e. The highest BCUT2D eigenvalue weighted by atomic mass is 127. The number of benzene rings is 1. The summed E-state index contributed by atoms with van der Waals surface area (Å²) in [5.74, 6) is 2.37. The van der Waals surface area contributed by atoms with Gasteiger partial charge in [-0.1, -0.05) is 18.9 Å². The molecule has 5 rings (SSSR count). The van der Waals surface area contributed by atoms with Crippen molar-refractivity contribution in [1.82, 2.24) is 24.8 Å². The average Bonchev–Trinajstić information content (AvgIpc) is 3.02. The number of nitrogen functional groups attached to an aromatic ring is 1. The van der Waals surface area contributed by atoms with Gasteiger partial charge in [-0.05, 0) is 59.8 Å². The number of pyridine rings is 2. The van der Waals surface area contributed by atoms with Crippen molar-refractivity contribution in [2.45, 2.75) is 39.0 Å². The first-order valence-electron chi connectivity index (χ1n) is 14.5. The summed E-state index contributed by atoms with van der Waals surface area (Å²) in [6.45, 7) is 5.59. The van der Waals surface area contributed by atoms with Crippen LogP contribution in [0.2, 0.25) is 0 Å². The van der Waals surface area contributed by atoms with E-state index in [0.717, 1.165) is 34.1 Å². The van der Waals surface area contributed by atoms with E-state index in [9.17, 15) is 18.0 Å². The molecule has 1 aromatic carbocycles. The Morgan fingerprint density at radius 1 is 1.16 bits per heavy atom. The van der Waals surface area contributed by atoms with Crippen molar-refractivity contribution in [2.75, 3.05) is 44.3 Å². The maximum Gasteiger partial charge on any atom is 0.416 e. The SMILES string of the molecule is C#Cc1cc(C(=O)Nc2ccc(CN3CCN(C)CC3)c(C(F)(F)F)c2)c[n+](CCc2nc3c(I)c(N)ncc3nc2CC)c1. The van der Waals surface area contributed by atoms with Crippen LogP contribution in [-0.2, 0) is 32.1 Å². The van der Waals surface area contributed by atoms with Crippen molar-refractivity contribution < 1.29 is 22.5 Å². The van der Waals surface area contributed by atoms with E-state index in [1.54, 1.807) is 23.2 Å². The largest absolute Gasteiger partial charge is 0.416 e. The third kappa shape index (κ3) is 7.69. The van der Waals surface area contributed by atoms with E-state index >= 15 is 0 Å². The lowest BCUT2D eigenvalue weighted by atomic mass is 10.0. The van der Waals surface area contributed by atoms with Gasteiger partial charge in [0.25, 0.3) is 5.91 Å². The van der Waals surface area contributed by atoms with Crippen LogP contribution in [0.4, 0.5) is 24.7 Å². The molecule has 3 N–H and O–H groups in total. The molecule has 1 aliphatic heterocycles. The van der Waals surface area contributed by atoms with Gasteiger partial charge in [0.1, 0.15) is 22.4 Å². The number of carbonyl (C=O) groups is 1. The maximum atomic E-state index is 14.1. The third-order valence-electron chi connectivity index (χ3n) is 7.79. The number of terminal acetylenes is 1. The van der Waals surface area contributed by atoms with Crippen LogP contribution in [0.15, 0.2) is 42.9 Å². The maximum absolute atomic E-state index is 14.1. The molecule has 0 spiro atoms. The molecule has 13 heteroatoms. The van der Waals surface area contributed by atoms with Crippen LogP contribution in [0.25, 0.3) is 11.0 Å². The molecule has 0 unspecified atom stereocenters. The summed E-state index contributed by atoms with van der Waals surface area (Å²) in [6.07, 6.45) is 7.23. The number of fused-ring (bicyclic) bond motifs is 1. The van der Waals surface area contributed by atoms with E-state index in [-0.39, 0.29) is 23.4 Å². The highest BCUT2D eigenvalue weighted by molar-refractivity contribution is 14.1. The van der Waals surface area contributed by atoms with Gasteiger partial charge < -0.3 is 16.0 Å². The Balaban J connectivity index is 1.35. The topological polar surface area (TPSA) is 104 Å². The van der Waals surface area contributed by atoms with E-state index in [4.69, 9.17) is 22.1 Å². The summed E-state index contributed by atoms with van der Waals surface area (Å²) >= 11 is 2.11. The Hall–Kier alpha value is -3.87. The van der Waals surface area contributed by atoms with Crippen molar-refractivity contribution in [3.8, 4) is 12.3 Å². The van der Waals surface area contributed by atoms with Crippen LogP contribution in [0.5, 0.6) is 0 Å². The van der Waals surface area contributed by atoms with Crippen molar-refractivity contribution in [2.24, 2.45) is 0 Å². The number of amides is 1. The number of carbonyl (C=O) groups excluding carboxylic acids is 1. The number of aryl methyl sites for hydroxylation is 3. The molecule has 234 valence electrons. The van der Waals surface area contributed by atoms with Crippen LogP contribution in [0.1, 0.15) is 45.4 Å². The van der Waals surface area contributed by atoms with Gasteiger partial charge in [0.05, 0.1) is 38.7 Å². The molecule has 1 aliphatic rings. The van der Waals surface area contributed by atoms with E-state index in [2.05, 4.69) is 43.7 Å². The zero-order chi connectivity index (χ0) is 32.3. The number of nitrogens with two attached hydrogens (primary N) is 1. The zero-order valence-corrected chi connectivity index (χ0v) is 27.1. The zero-order valence-electron chi connectivity index (χ0n) is 25.0. The molecule has 4 heterocycles. The summed E-state index contributed by atoms with van der Waals surface area (Å²) in [7, 11) is 1.99. The van der Waals surface area contributed by atoms with Crippen LogP contribution in [0, 0.1) is 15.9 Å². The normalized spacial score (nSPS) is 14.4. The predicted molar refractivity (Wildman–Crippen MR) is 174 cm³/mol. The number of rotatable bonds is 8. The number of nitrogens with zero attached hydrogens (tertiary/aromatic N) is 6. The first kappa shape index (κ1) is 32.5. The fraction of sp³-hybridized carbons (Fsp3) is 0.344. The van der Waals surface area contributed by atoms with Gasteiger partial charge in [0, 0.05) is 38.4 Å². The predicted octanol–water partition coefficient (Wildman–Crippen LogP) is 4.30. The van der Waals surface area contributed by atoms with E-state index in [1.165, 1.54) is 18.2 Å². The number of piperazine rings is 1. The number of aromatic nitrogens is 4. The standard InChI is InChI=1S/C32H32F3IN8O/c1-4-20-14-22(19-44(17-20)9-8-26-25(5-2)40-27-16-38-30(37)28(36)29(27)41-26)31(45)39-23-7-6-21(24(15-23)32(33,34)35)18-43-12-10-42(3)11-13-43/h1,6-7,14-17,19H,5,8-13,18H2,2-3H3,(H2-,37,38,39,41,45)/p+1. The lowest BCUT2D eigenvalue weighted by Gasteiger charge is -2.33. The molecule has 0 atom stereocenters. The molecular formula is C32H33F3IN8O+. The van der Waals surface area contributed by atoms with E-state index in [0.29, 0.717) is 54.9 Å². The molecule has 1 fully saturated rings. The summed E-state index contributed by atoms with van der Waals surface area (Å²) < 4.78 is 44.7. The van der Waals surface area contributed by atoms with Gasteiger partial charge in [-0.25, -0.2) is 19.5 Å². The fourth-order valence-corrected chi connectivity index (χ4v) is 5.81. The van der Waals surface area contributed by atoms with Crippen molar-refractivity contribution in [1.29, 1.82) is 0 Å². The van der Waals surface area contributed by atoms with E-state index < -0.39 is 17.6 Å². The summed E-state index contributed by atoms with van der Waals surface area (Å²) in [6, 6.07) is 5.47. The lowest BCUT2D eigenvalue weighted by molar-refractivity contribution is -0.696. The Kier molecular flexibility index (Phi) is 9.85. The molecule has 0 radical (unpaired) electrons. The number of anilines is 2. The van der Waals surface area contributed by atoms with Crippen LogP contribution < -0.4 is 15.6 Å². The second-order valence-corrected chi connectivity index (χ2v) is 12.1. The van der Waals surface area contributed by atoms with Gasteiger partial charge in [-0.15, -0.1) is 6.42 Å². The number of likely N-dealkylation sites (N-methyl/N-ethyl adjacent to an activating group) is 1. The molecular weight excluding hydrogens is 696 g/mol. The molecule has 45 heavy (non-hydrogen) atoms. The number of hydrogen-bond acceptors (Lipinski definition) is 7.